The molecule has 0 aliphatic heterocycles. The second-order valence-corrected chi connectivity index (χ2v) is 5.03. The molecular formula is C15H12F3N3O2. The first-order chi connectivity index (χ1) is 10.9. The minimum absolute atomic E-state index is 0.0883. The SMILES string of the molecule is O=c1[nH]cc(CCO)c2cc(-c3cn[nH]c3C(F)(F)F)ccc12. The summed E-state index contributed by atoms with van der Waals surface area (Å²) in [7, 11) is 0. The molecule has 3 N–H and O–H groups in total. The van der Waals surface area contributed by atoms with Crippen molar-refractivity contribution in [3.05, 3.63) is 52.2 Å². The average Bonchev–Trinajstić information content (AvgIpc) is 3.00. The molecule has 3 rings (SSSR count). The largest absolute Gasteiger partial charge is 0.433 e. The van der Waals surface area contributed by atoms with Crippen LogP contribution in [0.1, 0.15) is 11.3 Å². The molecule has 0 radical (unpaired) electrons. The highest BCUT2D eigenvalue weighted by Gasteiger charge is 2.35. The zero-order chi connectivity index (χ0) is 16.6. The molecule has 0 aliphatic rings. The van der Waals surface area contributed by atoms with E-state index in [0.717, 1.165) is 6.20 Å². The highest BCUT2D eigenvalue weighted by Crippen LogP contribution is 2.36. The lowest BCUT2D eigenvalue weighted by Crippen LogP contribution is -2.09. The minimum Gasteiger partial charge on any atom is -0.396 e. The number of halogens is 3. The fourth-order valence-electron chi connectivity index (χ4n) is 2.53. The van der Waals surface area contributed by atoms with Crippen LogP contribution in [-0.4, -0.2) is 26.9 Å². The van der Waals surface area contributed by atoms with Crippen molar-refractivity contribution in [1.82, 2.24) is 15.2 Å². The molecule has 5 nitrogen and oxygen atoms in total. The van der Waals surface area contributed by atoms with Crippen molar-refractivity contribution < 1.29 is 18.3 Å². The Morgan fingerprint density at radius 3 is 2.70 bits per heavy atom. The molecule has 0 unspecified atom stereocenters. The van der Waals surface area contributed by atoms with Gasteiger partial charge in [0.2, 0.25) is 0 Å². The van der Waals surface area contributed by atoms with Gasteiger partial charge in [-0.15, -0.1) is 0 Å². The van der Waals surface area contributed by atoms with Crippen LogP contribution >= 0.6 is 0 Å². The van der Waals surface area contributed by atoms with Crippen LogP contribution in [-0.2, 0) is 12.6 Å². The number of aliphatic hydroxyl groups is 1. The number of H-pyrrole nitrogens is 2. The molecule has 2 heterocycles. The van der Waals surface area contributed by atoms with Crippen LogP contribution < -0.4 is 5.56 Å². The predicted octanol–water partition coefficient (Wildman–Crippen LogP) is 2.47. The summed E-state index contributed by atoms with van der Waals surface area (Å²) < 4.78 is 39.0. The van der Waals surface area contributed by atoms with Gasteiger partial charge in [0, 0.05) is 23.8 Å². The second kappa shape index (κ2) is 5.54. The van der Waals surface area contributed by atoms with E-state index in [4.69, 9.17) is 5.11 Å². The number of benzene rings is 1. The van der Waals surface area contributed by atoms with E-state index < -0.39 is 11.9 Å². The summed E-state index contributed by atoms with van der Waals surface area (Å²) >= 11 is 0. The van der Waals surface area contributed by atoms with Crippen molar-refractivity contribution in [1.29, 1.82) is 0 Å². The molecule has 0 amide bonds. The number of hydrogen-bond donors (Lipinski definition) is 3. The Kier molecular flexibility index (Phi) is 3.69. The van der Waals surface area contributed by atoms with Gasteiger partial charge in [-0.1, -0.05) is 6.07 Å². The van der Waals surface area contributed by atoms with E-state index in [9.17, 15) is 18.0 Å². The van der Waals surface area contributed by atoms with Crippen molar-refractivity contribution >= 4 is 10.8 Å². The van der Waals surface area contributed by atoms with Crippen molar-refractivity contribution in [2.45, 2.75) is 12.6 Å². The van der Waals surface area contributed by atoms with E-state index in [1.54, 1.807) is 0 Å². The maximum atomic E-state index is 13.0. The number of aliphatic hydroxyl groups excluding tert-OH is 1. The molecule has 3 aromatic rings. The maximum Gasteiger partial charge on any atom is 0.433 e. The Morgan fingerprint density at radius 2 is 2.00 bits per heavy atom. The zero-order valence-corrected chi connectivity index (χ0v) is 11.7. The third-order valence-electron chi connectivity index (χ3n) is 3.60. The summed E-state index contributed by atoms with van der Waals surface area (Å²) in [4.78, 5) is 14.4. The van der Waals surface area contributed by atoms with Crippen molar-refractivity contribution in [3.63, 3.8) is 0 Å². The van der Waals surface area contributed by atoms with Gasteiger partial charge in [0.1, 0.15) is 5.69 Å². The first-order valence-corrected chi connectivity index (χ1v) is 6.78. The molecule has 0 saturated heterocycles. The van der Waals surface area contributed by atoms with Gasteiger partial charge in [0.05, 0.1) is 6.20 Å². The summed E-state index contributed by atoms with van der Waals surface area (Å²) in [5, 5.41) is 15.4. The maximum absolute atomic E-state index is 13.0. The molecule has 0 fully saturated rings. The number of aromatic nitrogens is 3. The lowest BCUT2D eigenvalue weighted by atomic mass is 9.99. The number of hydrogen-bond acceptors (Lipinski definition) is 3. The van der Waals surface area contributed by atoms with Crippen molar-refractivity contribution in [2.24, 2.45) is 0 Å². The van der Waals surface area contributed by atoms with E-state index in [2.05, 4.69) is 10.1 Å². The number of pyridine rings is 1. The van der Waals surface area contributed by atoms with E-state index in [1.807, 2.05) is 5.10 Å². The molecular weight excluding hydrogens is 311 g/mol. The summed E-state index contributed by atoms with van der Waals surface area (Å²) in [6.45, 7) is -0.134. The fraction of sp³-hybridized carbons (Fsp3) is 0.200. The minimum atomic E-state index is -4.55. The van der Waals surface area contributed by atoms with Crippen LogP contribution in [0.4, 0.5) is 13.2 Å². The monoisotopic (exact) mass is 323 g/mol. The molecule has 1 aromatic carbocycles. The second-order valence-electron chi connectivity index (χ2n) is 5.03. The standard InChI is InChI=1S/C15H12F3N3O2/c16-15(17,18)13-12(7-20-21-13)8-1-2-10-11(5-8)9(3-4-22)6-19-14(10)23/h1-2,5-7,22H,3-4H2,(H,19,23)(H,20,21). The van der Waals surface area contributed by atoms with E-state index in [0.29, 0.717) is 21.9 Å². The van der Waals surface area contributed by atoms with Gasteiger partial charge in [-0.25, -0.2) is 0 Å². The molecule has 0 aliphatic carbocycles. The lowest BCUT2D eigenvalue weighted by molar-refractivity contribution is -0.140. The van der Waals surface area contributed by atoms with E-state index in [-0.39, 0.29) is 24.2 Å². The number of nitrogens with one attached hydrogen (secondary N) is 2. The Balaban J connectivity index is 2.23. The highest BCUT2D eigenvalue weighted by molar-refractivity contribution is 5.89. The van der Waals surface area contributed by atoms with Gasteiger partial charge >= 0.3 is 6.18 Å². The van der Waals surface area contributed by atoms with Gasteiger partial charge in [0.15, 0.2) is 0 Å². The zero-order valence-electron chi connectivity index (χ0n) is 11.7. The third kappa shape index (κ3) is 2.72. The number of rotatable bonds is 3. The average molecular weight is 323 g/mol. The molecule has 8 heteroatoms. The summed E-state index contributed by atoms with van der Waals surface area (Å²) in [6.07, 6.45) is -1.70. The number of nitrogens with zero attached hydrogens (tertiary/aromatic N) is 1. The summed E-state index contributed by atoms with van der Waals surface area (Å²) in [5.41, 5.74) is -0.416. The molecule has 0 spiro atoms. The van der Waals surface area contributed by atoms with E-state index in [1.165, 1.54) is 24.4 Å². The van der Waals surface area contributed by atoms with E-state index >= 15 is 0 Å². The Labute approximate surface area is 127 Å². The van der Waals surface area contributed by atoms with Crippen LogP contribution in [0.2, 0.25) is 0 Å². The van der Waals surface area contributed by atoms with Crippen LogP contribution in [0.5, 0.6) is 0 Å². The highest BCUT2D eigenvalue weighted by atomic mass is 19.4. The number of alkyl halides is 3. The quantitative estimate of drug-likeness (QED) is 0.692. The normalized spacial score (nSPS) is 12.0. The summed E-state index contributed by atoms with van der Waals surface area (Å²) in [5.74, 6) is 0. The van der Waals surface area contributed by atoms with Crippen molar-refractivity contribution in [3.8, 4) is 11.1 Å². The summed E-state index contributed by atoms with van der Waals surface area (Å²) in [6, 6.07) is 4.42. The molecule has 120 valence electrons. The number of aromatic amines is 2. The molecule has 2 aromatic heterocycles. The van der Waals surface area contributed by atoms with Gasteiger partial charge in [-0.05, 0) is 35.1 Å². The molecule has 23 heavy (non-hydrogen) atoms. The van der Waals surface area contributed by atoms with Crippen LogP contribution in [0, 0.1) is 0 Å². The molecule has 0 bridgehead atoms. The topological polar surface area (TPSA) is 81.8 Å². The number of fused-ring (bicyclic) bond motifs is 1. The Bertz CT molecular complexity index is 912. The van der Waals surface area contributed by atoms with Gasteiger partial charge in [-0.3, -0.25) is 9.89 Å². The fourth-order valence-corrected chi connectivity index (χ4v) is 2.53. The Hall–Kier alpha value is -2.61. The molecule has 0 saturated carbocycles. The van der Waals surface area contributed by atoms with Gasteiger partial charge in [-0.2, -0.15) is 18.3 Å². The van der Waals surface area contributed by atoms with Crippen LogP contribution in [0.3, 0.4) is 0 Å². The lowest BCUT2D eigenvalue weighted by Gasteiger charge is -2.09. The predicted molar refractivity (Wildman–Crippen MR) is 77.9 cm³/mol. The van der Waals surface area contributed by atoms with Crippen molar-refractivity contribution in [2.75, 3.05) is 6.61 Å². The van der Waals surface area contributed by atoms with Gasteiger partial charge in [0.25, 0.3) is 5.56 Å². The third-order valence-corrected chi connectivity index (χ3v) is 3.60. The molecule has 0 atom stereocenters. The Morgan fingerprint density at radius 1 is 1.22 bits per heavy atom. The first-order valence-electron chi connectivity index (χ1n) is 6.78. The first kappa shape index (κ1) is 15.3. The smallest absolute Gasteiger partial charge is 0.396 e. The van der Waals surface area contributed by atoms with Crippen LogP contribution in [0.15, 0.2) is 35.4 Å². The van der Waals surface area contributed by atoms with Crippen LogP contribution in [0.25, 0.3) is 21.9 Å². The van der Waals surface area contributed by atoms with Gasteiger partial charge < -0.3 is 10.1 Å².